The van der Waals surface area contributed by atoms with Crippen LogP contribution in [0.1, 0.15) is 60.2 Å². The number of anilines is 1. The smallest absolute Gasteiger partial charge is 0.287 e. The van der Waals surface area contributed by atoms with Crippen molar-refractivity contribution < 1.29 is 31.4 Å². The van der Waals surface area contributed by atoms with Gasteiger partial charge in [0.25, 0.3) is 11.7 Å². The summed E-state index contributed by atoms with van der Waals surface area (Å²) in [5.74, 6) is 2.23. The number of carbonyl (C=O) groups excluding carboxylic acids is 2. The lowest BCUT2D eigenvalue weighted by Gasteiger charge is -2.23. The van der Waals surface area contributed by atoms with E-state index < -0.39 is 0 Å². The summed E-state index contributed by atoms with van der Waals surface area (Å²) in [5, 5.41) is 5.66. The third-order valence-electron chi connectivity index (χ3n) is 7.64. The van der Waals surface area contributed by atoms with Crippen molar-refractivity contribution in [2.45, 2.75) is 51.0 Å². The van der Waals surface area contributed by atoms with Gasteiger partial charge in [-0.2, -0.15) is 0 Å². The molecule has 1 saturated carbocycles. The van der Waals surface area contributed by atoms with Crippen molar-refractivity contribution in [3.05, 3.63) is 77.6 Å². The Bertz CT molecular complexity index is 1330. The number of nitrogens with one attached hydrogen (secondary N) is 3. The quantitative estimate of drug-likeness (QED) is 0.0786. The number of hydrogen-bond donors (Lipinski definition) is 4. The fourth-order valence-corrected chi connectivity index (χ4v) is 5.66. The Morgan fingerprint density at radius 3 is 2.23 bits per heavy atom. The zero-order valence-corrected chi connectivity index (χ0v) is 27.2. The first kappa shape index (κ1) is 35.3. The van der Waals surface area contributed by atoms with Crippen LogP contribution in [0.3, 0.4) is 0 Å². The second-order valence-electron chi connectivity index (χ2n) is 10.8. The fraction of sp³-hybridized carbons (Fsp3) is 0.424. The minimum atomic E-state index is -0.324. The van der Waals surface area contributed by atoms with E-state index >= 15 is 0 Å². The van der Waals surface area contributed by atoms with E-state index in [2.05, 4.69) is 44.8 Å². The predicted molar refractivity (Wildman–Crippen MR) is 174 cm³/mol. The van der Waals surface area contributed by atoms with Crippen LogP contribution in [-0.2, 0) is 11.2 Å². The molecule has 1 fully saturated rings. The second-order valence-corrected chi connectivity index (χ2v) is 11.5. The van der Waals surface area contributed by atoms with Gasteiger partial charge in [-0.1, -0.05) is 24.3 Å². The Morgan fingerprint density at radius 2 is 1.57 bits per heavy atom. The maximum Gasteiger partial charge on any atom is 0.287 e. The average Bonchev–Trinajstić information content (AvgIpc) is 3.73. The molecule has 0 aliphatic heterocycles. The van der Waals surface area contributed by atoms with Crippen molar-refractivity contribution in [3.8, 4) is 11.3 Å². The molecule has 44 heavy (non-hydrogen) atoms. The number of halogens is 3. The summed E-state index contributed by atoms with van der Waals surface area (Å²) >= 11 is 11.8. The Morgan fingerprint density at radius 1 is 0.909 bits per heavy atom. The monoisotopic (exact) mass is 661 g/mol. The zero-order chi connectivity index (χ0) is 30.4. The number of aryl methyl sites for hydroxylation is 1. The highest BCUT2D eigenvalue weighted by atomic mass is 35.5. The molecule has 1 aliphatic rings. The van der Waals surface area contributed by atoms with Gasteiger partial charge in [0.15, 0.2) is 5.76 Å². The van der Waals surface area contributed by atoms with Crippen molar-refractivity contribution in [1.29, 1.82) is 0 Å². The van der Waals surface area contributed by atoms with Crippen molar-refractivity contribution in [2.24, 2.45) is 5.73 Å². The number of amides is 2. The fourth-order valence-electron chi connectivity index (χ4n) is 5.26. The van der Waals surface area contributed by atoms with Gasteiger partial charge in [0.1, 0.15) is 5.76 Å². The van der Waals surface area contributed by atoms with Crippen molar-refractivity contribution in [3.63, 3.8) is 0 Å². The first-order valence-electron chi connectivity index (χ1n) is 15.1. The van der Waals surface area contributed by atoms with Gasteiger partial charge in [0.2, 0.25) is 5.91 Å². The molecule has 0 radical (unpaired) electrons. The highest BCUT2D eigenvalue weighted by molar-refractivity contribution is 6.18. The van der Waals surface area contributed by atoms with Gasteiger partial charge in [-0.15, -0.1) is 23.2 Å². The molecule has 1 heterocycles. The predicted octanol–water partition coefficient (Wildman–Crippen LogP) is 0.832. The zero-order valence-electron chi connectivity index (χ0n) is 24.9. The van der Waals surface area contributed by atoms with Crippen LogP contribution in [0.5, 0.6) is 0 Å². The van der Waals surface area contributed by atoms with E-state index in [1.807, 2.05) is 24.3 Å². The lowest BCUT2D eigenvalue weighted by Crippen LogP contribution is -3.00. The van der Waals surface area contributed by atoms with Crippen LogP contribution in [0.2, 0.25) is 0 Å². The molecule has 5 N–H and O–H groups in total. The molecule has 238 valence electrons. The molecule has 0 bridgehead atoms. The lowest BCUT2D eigenvalue weighted by molar-refractivity contribution is -0.501. The Hall–Kier alpha value is -3.20. The topological polar surface area (TPSA) is 115 Å². The van der Waals surface area contributed by atoms with E-state index in [0.717, 1.165) is 55.6 Å². The molecule has 11 heteroatoms. The second kappa shape index (κ2) is 18.6. The summed E-state index contributed by atoms with van der Waals surface area (Å²) in [6.07, 6.45) is 6.77. The number of nitrogens with zero attached hydrogens (tertiary/aromatic N) is 1. The molecule has 0 atom stereocenters. The third-order valence-corrected chi connectivity index (χ3v) is 7.98. The maximum atomic E-state index is 12.5. The summed E-state index contributed by atoms with van der Waals surface area (Å²) in [7, 11) is 0. The van der Waals surface area contributed by atoms with E-state index in [1.165, 1.54) is 18.4 Å². The number of benzene rings is 2. The number of carbonyl (C=O) groups is 2. The van der Waals surface area contributed by atoms with Gasteiger partial charge < -0.3 is 32.4 Å². The third kappa shape index (κ3) is 10.8. The number of nitrogen functional groups attached to an aromatic ring is 1. The SMILES string of the molecule is NC(=[NH+]C1CCCC1)c1ccc(-c2ccc(C(=O)NCCNC(=O)CCCc3ccc(N(CCCl)CCCl)cc3)o2)cc1.[Cl-]. The Balaban J connectivity index is 0.00000529. The molecule has 1 aromatic heterocycles. The number of furan rings is 1. The molecule has 2 amide bonds. The highest BCUT2D eigenvalue weighted by Gasteiger charge is 2.18. The Kier molecular flexibility index (Phi) is 14.9. The van der Waals surface area contributed by atoms with E-state index in [-0.39, 0.29) is 30.0 Å². The van der Waals surface area contributed by atoms with Crippen LogP contribution < -0.4 is 38.7 Å². The van der Waals surface area contributed by atoms with Crippen LogP contribution in [0.25, 0.3) is 11.3 Å². The lowest BCUT2D eigenvalue weighted by atomic mass is 10.1. The van der Waals surface area contributed by atoms with Gasteiger partial charge >= 0.3 is 0 Å². The first-order chi connectivity index (χ1) is 21.0. The summed E-state index contributed by atoms with van der Waals surface area (Å²) in [5.41, 5.74) is 10.3. The van der Waals surface area contributed by atoms with Crippen molar-refractivity contribution in [1.82, 2.24) is 10.6 Å². The summed E-state index contributed by atoms with van der Waals surface area (Å²) in [6, 6.07) is 20.0. The molecule has 0 saturated heterocycles. The molecule has 2 aromatic carbocycles. The van der Waals surface area contributed by atoms with E-state index in [0.29, 0.717) is 48.9 Å². The largest absolute Gasteiger partial charge is 1.00 e. The average molecular weight is 663 g/mol. The molecular weight excluding hydrogens is 621 g/mol. The molecule has 0 unspecified atom stereocenters. The van der Waals surface area contributed by atoms with Crippen LogP contribution in [-0.4, -0.2) is 61.6 Å². The van der Waals surface area contributed by atoms with Crippen LogP contribution in [0.15, 0.2) is 65.1 Å². The number of rotatable bonds is 16. The normalized spacial score (nSPS) is 13.4. The number of alkyl halides is 2. The summed E-state index contributed by atoms with van der Waals surface area (Å²) in [4.78, 5) is 30.4. The molecule has 0 spiro atoms. The number of amidine groups is 1. The van der Waals surface area contributed by atoms with E-state index in [9.17, 15) is 9.59 Å². The van der Waals surface area contributed by atoms with Crippen molar-refractivity contribution in [2.75, 3.05) is 42.8 Å². The van der Waals surface area contributed by atoms with E-state index in [1.54, 1.807) is 12.1 Å². The summed E-state index contributed by atoms with van der Waals surface area (Å²) < 4.78 is 5.79. The van der Waals surface area contributed by atoms with Crippen molar-refractivity contribution >= 4 is 46.5 Å². The van der Waals surface area contributed by atoms with Gasteiger partial charge in [0.05, 0.1) is 11.6 Å². The molecule has 1 aliphatic carbocycles. The van der Waals surface area contributed by atoms with Gasteiger partial charge in [0, 0.05) is 55.6 Å². The van der Waals surface area contributed by atoms with E-state index in [4.69, 9.17) is 33.4 Å². The van der Waals surface area contributed by atoms with Gasteiger partial charge in [-0.25, -0.2) is 0 Å². The first-order valence-corrected chi connectivity index (χ1v) is 16.1. The molecule has 8 nitrogen and oxygen atoms in total. The van der Waals surface area contributed by atoms with Crippen LogP contribution >= 0.6 is 23.2 Å². The Labute approximate surface area is 276 Å². The molecular formula is C33H42Cl3N5O3. The molecule has 3 aromatic rings. The summed E-state index contributed by atoms with van der Waals surface area (Å²) in [6.45, 7) is 2.15. The minimum absolute atomic E-state index is 0. The molecule has 4 rings (SSSR count). The number of hydrogen-bond acceptors (Lipinski definition) is 4. The number of nitrogens with two attached hydrogens (primary N) is 1. The standard InChI is InChI=1S/C33H41Cl2N5O3.ClH/c34-18-22-40(23-19-35)28-14-8-24(9-15-28)4-3-7-31(41)37-20-21-38-33(42)30-17-16-29(43-30)25-10-12-26(13-11-25)32(36)39-27-5-1-2-6-27;/h8-17,27H,1-7,18-23H2,(H2,36,39)(H,37,41)(H,38,42);1H. The van der Waals surface area contributed by atoms with Gasteiger partial charge in [-0.3, -0.25) is 20.3 Å². The maximum absolute atomic E-state index is 12.5. The van der Waals surface area contributed by atoms with Crippen LogP contribution in [0, 0.1) is 0 Å². The highest BCUT2D eigenvalue weighted by Crippen LogP contribution is 2.23. The minimum Gasteiger partial charge on any atom is -1.00 e. The van der Waals surface area contributed by atoms with Crippen LogP contribution in [0.4, 0.5) is 5.69 Å². The van der Waals surface area contributed by atoms with Gasteiger partial charge in [-0.05, 0) is 80.5 Å².